The molecule has 1 nitrogen and oxygen atoms in total. The first-order chi connectivity index (χ1) is 8.63. The van der Waals surface area contributed by atoms with Crippen LogP contribution in [0.25, 0.3) is 0 Å². The Kier molecular flexibility index (Phi) is 4.35. The fraction of sp³-hybridized carbons (Fsp3) is 1.00. The molecule has 2 bridgehead atoms. The third-order valence-corrected chi connectivity index (χ3v) is 5.12. The zero-order valence-electron chi connectivity index (χ0n) is 14.1. The SMILES string of the molecule is CC(C)(C)CC1CC2CCC(C1)CN(C(C)(C)C)C2. The molecule has 2 atom stereocenters. The minimum atomic E-state index is 0.359. The van der Waals surface area contributed by atoms with Gasteiger partial charge in [0.15, 0.2) is 0 Å². The van der Waals surface area contributed by atoms with E-state index in [1.807, 2.05) is 0 Å². The topological polar surface area (TPSA) is 3.24 Å². The van der Waals surface area contributed by atoms with E-state index in [2.05, 4.69) is 46.4 Å². The summed E-state index contributed by atoms with van der Waals surface area (Å²) in [6.45, 7) is 17.1. The summed E-state index contributed by atoms with van der Waals surface area (Å²) >= 11 is 0. The first-order valence-corrected chi connectivity index (χ1v) is 8.38. The highest BCUT2D eigenvalue weighted by molar-refractivity contribution is 4.89. The Bertz CT molecular complexity index is 278. The Hall–Kier alpha value is -0.0400. The number of rotatable bonds is 1. The Morgan fingerprint density at radius 1 is 0.842 bits per heavy atom. The van der Waals surface area contributed by atoms with E-state index >= 15 is 0 Å². The molecule has 2 unspecified atom stereocenters. The van der Waals surface area contributed by atoms with Crippen molar-refractivity contribution in [3.63, 3.8) is 0 Å². The van der Waals surface area contributed by atoms with Gasteiger partial charge in [-0.3, -0.25) is 4.90 Å². The molecule has 2 aliphatic rings. The maximum atomic E-state index is 2.77. The predicted molar refractivity (Wildman–Crippen MR) is 84.3 cm³/mol. The highest BCUT2D eigenvalue weighted by Crippen LogP contribution is 2.41. The summed E-state index contributed by atoms with van der Waals surface area (Å²) in [6.07, 6.45) is 7.37. The molecule has 0 aromatic heterocycles. The molecule has 1 saturated heterocycles. The molecule has 0 spiro atoms. The van der Waals surface area contributed by atoms with Crippen LogP contribution in [0.5, 0.6) is 0 Å². The number of likely N-dealkylation sites (tertiary alicyclic amines) is 1. The monoisotopic (exact) mass is 265 g/mol. The fourth-order valence-corrected chi connectivity index (χ4v) is 4.36. The van der Waals surface area contributed by atoms with Crippen molar-refractivity contribution in [2.75, 3.05) is 13.1 Å². The largest absolute Gasteiger partial charge is 0.298 e. The van der Waals surface area contributed by atoms with Gasteiger partial charge in [-0.15, -0.1) is 0 Å². The summed E-state index contributed by atoms with van der Waals surface area (Å²) in [5.41, 5.74) is 0.866. The van der Waals surface area contributed by atoms with Crippen molar-refractivity contribution in [2.24, 2.45) is 23.2 Å². The van der Waals surface area contributed by atoms with E-state index in [4.69, 9.17) is 0 Å². The number of hydrogen-bond donors (Lipinski definition) is 0. The Morgan fingerprint density at radius 3 is 1.68 bits per heavy atom. The maximum Gasteiger partial charge on any atom is 0.0125 e. The van der Waals surface area contributed by atoms with Crippen molar-refractivity contribution in [2.45, 2.75) is 79.2 Å². The average Bonchev–Trinajstić information content (AvgIpc) is 2.44. The summed E-state index contributed by atoms with van der Waals surface area (Å²) in [7, 11) is 0. The smallest absolute Gasteiger partial charge is 0.0125 e. The Labute approximate surface area is 121 Å². The quantitative estimate of drug-likeness (QED) is 0.648. The predicted octanol–water partition coefficient (Wildman–Crippen LogP) is 4.96. The van der Waals surface area contributed by atoms with Gasteiger partial charge in [0.2, 0.25) is 0 Å². The lowest BCUT2D eigenvalue weighted by atomic mass is 9.77. The van der Waals surface area contributed by atoms with Gasteiger partial charge in [-0.25, -0.2) is 0 Å². The summed E-state index contributed by atoms with van der Waals surface area (Å²) in [5.74, 6) is 2.90. The van der Waals surface area contributed by atoms with Gasteiger partial charge in [-0.1, -0.05) is 20.8 Å². The second-order valence-corrected chi connectivity index (χ2v) is 9.49. The van der Waals surface area contributed by atoms with Gasteiger partial charge in [-0.2, -0.15) is 0 Å². The molecule has 112 valence electrons. The lowest BCUT2D eigenvalue weighted by Crippen LogP contribution is -2.46. The molecule has 0 radical (unpaired) electrons. The van der Waals surface area contributed by atoms with Crippen LogP contribution in [0.4, 0.5) is 0 Å². The van der Waals surface area contributed by atoms with Crippen molar-refractivity contribution < 1.29 is 0 Å². The molecule has 1 saturated carbocycles. The van der Waals surface area contributed by atoms with E-state index in [0.717, 1.165) is 17.8 Å². The van der Waals surface area contributed by atoms with Crippen LogP contribution in [0, 0.1) is 23.2 Å². The maximum absolute atomic E-state index is 2.77. The second-order valence-electron chi connectivity index (χ2n) is 9.49. The summed E-state index contributed by atoms with van der Waals surface area (Å²) < 4.78 is 0. The van der Waals surface area contributed by atoms with Crippen molar-refractivity contribution in [1.82, 2.24) is 4.90 Å². The van der Waals surface area contributed by atoms with E-state index in [-0.39, 0.29) is 0 Å². The highest BCUT2D eigenvalue weighted by atomic mass is 15.2. The van der Waals surface area contributed by atoms with E-state index in [0.29, 0.717) is 11.0 Å². The lowest BCUT2D eigenvalue weighted by Gasteiger charge is -2.41. The molecule has 0 aromatic rings. The zero-order chi connectivity index (χ0) is 14.3. The van der Waals surface area contributed by atoms with Crippen LogP contribution in [0.1, 0.15) is 73.6 Å². The first kappa shape index (κ1) is 15.4. The van der Waals surface area contributed by atoms with Crippen LogP contribution in [-0.2, 0) is 0 Å². The van der Waals surface area contributed by atoms with Crippen molar-refractivity contribution in [1.29, 1.82) is 0 Å². The van der Waals surface area contributed by atoms with Gasteiger partial charge in [0.25, 0.3) is 0 Å². The average molecular weight is 265 g/mol. The molecule has 1 aliphatic heterocycles. The third kappa shape index (κ3) is 4.48. The van der Waals surface area contributed by atoms with Crippen LogP contribution in [0.2, 0.25) is 0 Å². The minimum absolute atomic E-state index is 0.359. The molecular formula is C18H35N. The molecule has 1 aliphatic carbocycles. The van der Waals surface area contributed by atoms with Crippen LogP contribution in [0.15, 0.2) is 0 Å². The Balaban J connectivity index is 2.04. The standard InChI is InChI=1S/C18H35N/c1-17(2,3)11-16-9-14-7-8-15(10-16)13-19(12-14)18(4,5)6/h14-16H,7-13H2,1-6H3. The third-order valence-electron chi connectivity index (χ3n) is 5.12. The van der Waals surface area contributed by atoms with Crippen LogP contribution < -0.4 is 0 Å². The van der Waals surface area contributed by atoms with Crippen molar-refractivity contribution in [3.8, 4) is 0 Å². The molecule has 0 N–H and O–H groups in total. The second kappa shape index (κ2) is 5.39. The minimum Gasteiger partial charge on any atom is -0.298 e. The molecule has 1 heterocycles. The Morgan fingerprint density at radius 2 is 1.32 bits per heavy atom. The summed E-state index contributed by atoms with van der Waals surface area (Å²) in [5, 5.41) is 0. The molecule has 0 aromatic carbocycles. The normalized spacial score (nSPS) is 34.1. The van der Waals surface area contributed by atoms with E-state index in [9.17, 15) is 0 Å². The summed E-state index contributed by atoms with van der Waals surface area (Å²) in [4.78, 5) is 2.77. The number of hydrogen-bond acceptors (Lipinski definition) is 1. The lowest BCUT2D eigenvalue weighted by molar-refractivity contribution is 0.0770. The molecule has 0 amide bonds. The van der Waals surface area contributed by atoms with Crippen LogP contribution in [0.3, 0.4) is 0 Å². The van der Waals surface area contributed by atoms with Gasteiger partial charge in [0.1, 0.15) is 0 Å². The van der Waals surface area contributed by atoms with Crippen LogP contribution >= 0.6 is 0 Å². The van der Waals surface area contributed by atoms with Gasteiger partial charge >= 0.3 is 0 Å². The summed E-state index contributed by atoms with van der Waals surface area (Å²) in [6, 6.07) is 0. The van der Waals surface area contributed by atoms with Crippen molar-refractivity contribution in [3.05, 3.63) is 0 Å². The molecule has 2 rings (SSSR count). The van der Waals surface area contributed by atoms with Gasteiger partial charge in [-0.05, 0) is 76.0 Å². The van der Waals surface area contributed by atoms with Gasteiger partial charge in [0.05, 0.1) is 0 Å². The molecule has 19 heavy (non-hydrogen) atoms. The molecule has 1 heteroatoms. The molecular weight excluding hydrogens is 230 g/mol. The van der Waals surface area contributed by atoms with Gasteiger partial charge in [0, 0.05) is 18.6 Å². The number of fused-ring (bicyclic) bond motifs is 3. The zero-order valence-corrected chi connectivity index (χ0v) is 14.1. The van der Waals surface area contributed by atoms with Crippen molar-refractivity contribution >= 4 is 0 Å². The van der Waals surface area contributed by atoms with E-state index in [1.165, 1.54) is 45.2 Å². The fourth-order valence-electron chi connectivity index (χ4n) is 4.36. The van der Waals surface area contributed by atoms with Gasteiger partial charge < -0.3 is 0 Å². The van der Waals surface area contributed by atoms with E-state index in [1.54, 1.807) is 0 Å². The van der Waals surface area contributed by atoms with Crippen LogP contribution in [-0.4, -0.2) is 23.5 Å². The highest BCUT2D eigenvalue weighted by Gasteiger charge is 2.36. The first-order valence-electron chi connectivity index (χ1n) is 8.38. The molecule has 2 fully saturated rings. The number of nitrogens with zero attached hydrogens (tertiary/aromatic N) is 1. The van der Waals surface area contributed by atoms with E-state index < -0.39 is 0 Å².